The maximum Gasteiger partial charge on any atom is 3.00 e. The van der Waals surface area contributed by atoms with E-state index in [0.29, 0.717) is 36.5 Å². The zero-order valence-electron chi connectivity index (χ0n) is 34.9. The molecule has 6 aromatic carbocycles. The van der Waals surface area contributed by atoms with Crippen LogP contribution in [0.5, 0.6) is 34.5 Å². The Balaban J connectivity index is 0.000000152. The number of para-hydroxylation sites is 3. The van der Waals surface area contributed by atoms with Crippen molar-refractivity contribution in [2.45, 2.75) is 78.6 Å². The van der Waals surface area contributed by atoms with Crippen LogP contribution in [0, 0.1) is 40.8 Å². The van der Waals surface area contributed by atoms with Gasteiger partial charge in [0.15, 0.2) is 0 Å². The Morgan fingerprint density at radius 1 is 0.393 bits per heavy atom. The molecular formula is C51H45NdO9. The van der Waals surface area contributed by atoms with Gasteiger partial charge in [0.05, 0.1) is 17.9 Å². The van der Waals surface area contributed by atoms with Crippen molar-refractivity contribution in [3.63, 3.8) is 0 Å². The van der Waals surface area contributed by atoms with Gasteiger partial charge in [0, 0.05) is 52.6 Å². The Bertz CT molecular complexity index is 2350. The number of hydrogen-bond acceptors (Lipinski definition) is 9. The van der Waals surface area contributed by atoms with Crippen LogP contribution in [0.25, 0.3) is 0 Å². The Morgan fingerprint density at radius 3 is 0.869 bits per heavy atom. The van der Waals surface area contributed by atoms with E-state index in [2.05, 4.69) is 0 Å². The van der Waals surface area contributed by atoms with Crippen molar-refractivity contribution < 1.29 is 84.8 Å². The number of carbonyl (C=O) groups is 3. The smallest absolute Gasteiger partial charge is 0.545 e. The molecule has 3 aliphatic heterocycles. The van der Waals surface area contributed by atoms with Crippen molar-refractivity contribution in [1.29, 1.82) is 0 Å². The Morgan fingerprint density at radius 2 is 0.639 bits per heavy atom. The van der Waals surface area contributed by atoms with Gasteiger partial charge in [-0.1, -0.05) is 114 Å². The molecule has 1 radical (unpaired) electrons. The largest absolute Gasteiger partial charge is 3.00 e. The van der Waals surface area contributed by atoms with Crippen LogP contribution in [0.3, 0.4) is 0 Å². The second kappa shape index (κ2) is 19.0. The van der Waals surface area contributed by atoms with Gasteiger partial charge in [-0.25, -0.2) is 0 Å². The van der Waals surface area contributed by atoms with Crippen LogP contribution in [0.2, 0.25) is 0 Å². The molecule has 3 heterocycles. The molecule has 0 aliphatic carbocycles. The third kappa shape index (κ3) is 9.38. The fourth-order valence-electron chi connectivity index (χ4n) is 8.10. The maximum absolute atomic E-state index is 11.5. The van der Waals surface area contributed by atoms with E-state index in [1.807, 2.05) is 151 Å². The fraction of sp³-hybridized carbons (Fsp3) is 0.235. The minimum atomic E-state index is -1.13. The summed E-state index contributed by atoms with van der Waals surface area (Å²) in [7, 11) is 0. The quantitative estimate of drug-likeness (QED) is 0.160. The topological polar surface area (TPSA) is 148 Å². The molecule has 0 bridgehead atoms. The molecule has 0 aromatic heterocycles. The molecule has 0 saturated heterocycles. The van der Waals surface area contributed by atoms with Crippen molar-refractivity contribution in [2.75, 3.05) is 0 Å². The first kappa shape index (κ1) is 45.0. The summed E-state index contributed by atoms with van der Waals surface area (Å²) >= 11 is 0. The number of ether oxygens (including phenoxy) is 3. The number of carboxylic acids is 3. The first-order valence-electron chi connectivity index (χ1n) is 20.1. The summed E-state index contributed by atoms with van der Waals surface area (Å²) in [6.07, 6.45) is 1.69. The van der Waals surface area contributed by atoms with Crippen LogP contribution in [0.15, 0.2) is 109 Å². The molecule has 0 fully saturated rings. The molecule has 0 N–H and O–H groups in total. The summed E-state index contributed by atoms with van der Waals surface area (Å²) in [5.74, 6) is 1.23. The number of aromatic carboxylic acids is 3. The van der Waals surface area contributed by atoms with Gasteiger partial charge in [-0.2, -0.15) is 0 Å². The number of rotatable bonds is 6. The minimum Gasteiger partial charge on any atom is -0.545 e. The molecule has 0 unspecified atom stereocenters. The van der Waals surface area contributed by atoms with E-state index in [-0.39, 0.29) is 75.3 Å². The van der Waals surface area contributed by atoms with Gasteiger partial charge >= 0.3 is 40.8 Å². The van der Waals surface area contributed by atoms with E-state index in [1.54, 1.807) is 0 Å². The molecule has 0 saturated carbocycles. The summed E-state index contributed by atoms with van der Waals surface area (Å²) in [4.78, 5) is 34.6. The van der Waals surface area contributed by atoms with E-state index < -0.39 is 17.9 Å². The second-order valence-electron chi connectivity index (χ2n) is 16.0. The third-order valence-corrected chi connectivity index (χ3v) is 11.1. The van der Waals surface area contributed by atoms with Gasteiger partial charge in [0.25, 0.3) is 0 Å². The minimum absolute atomic E-state index is 0. The first-order chi connectivity index (χ1) is 28.7. The van der Waals surface area contributed by atoms with Crippen molar-refractivity contribution >= 4 is 17.9 Å². The summed E-state index contributed by atoms with van der Waals surface area (Å²) in [6.45, 7) is 11.9. The van der Waals surface area contributed by atoms with Crippen LogP contribution >= 0.6 is 0 Å². The van der Waals surface area contributed by atoms with Gasteiger partial charge in [-0.3, -0.25) is 0 Å². The molecule has 61 heavy (non-hydrogen) atoms. The number of carbonyl (C=O) groups excluding carboxylic acids is 3. The number of fused-ring (bicyclic) bond motifs is 6. The summed E-state index contributed by atoms with van der Waals surface area (Å²) in [5, 5.41) is 34.6. The maximum atomic E-state index is 11.5. The van der Waals surface area contributed by atoms with E-state index in [9.17, 15) is 29.7 Å². The molecule has 9 rings (SSSR count). The zero-order chi connectivity index (χ0) is 42.8. The second-order valence-corrected chi connectivity index (χ2v) is 16.0. The van der Waals surface area contributed by atoms with Crippen molar-refractivity contribution in [3.8, 4) is 34.5 Å². The average Bonchev–Trinajstić information content (AvgIpc) is 3.22. The summed E-state index contributed by atoms with van der Waals surface area (Å²) < 4.78 is 17.4. The molecule has 0 atom stereocenters. The van der Waals surface area contributed by atoms with Crippen molar-refractivity contribution in [3.05, 3.63) is 176 Å². The molecule has 0 spiro atoms. The van der Waals surface area contributed by atoms with Crippen LogP contribution in [0.4, 0.5) is 0 Å². The Kier molecular flexibility index (Phi) is 14.0. The average molecular weight is 946 g/mol. The molecule has 9 nitrogen and oxygen atoms in total. The molecule has 3 aliphatic rings. The van der Waals surface area contributed by atoms with Gasteiger partial charge < -0.3 is 43.9 Å². The summed E-state index contributed by atoms with van der Waals surface area (Å²) in [6, 6.07) is 34.1. The number of benzene rings is 6. The van der Waals surface area contributed by atoms with Gasteiger partial charge in [-0.05, 0) is 87.5 Å². The van der Waals surface area contributed by atoms with Crippen LogP contribution in [0.1, 0.15) is 140 Å². The van der Waals surface area contributed by atoms with Crippen LogP contribution < -0.4 is 29.5 Å². The Hall–Kier alpha value is -5.52. The standard InChI is InChI=1S/3C17H16O3.Nd/c3*1-10(2)12-7-8-15-13(16(12)17(18)19)9-11-5-3-4-6-14(11)20-15;/h3*3-8,10H,9H2,1-2H3,(H,18,19);/q;;;+3/p-3. The SMILES string of the molecule is CC(C)c1ccc2c(c1C(=O)[O-])Cc1ccccc1O2.CC(C)c1ccc2c(c1C(=O)[O-])Cc1ccccc1O2.CC(C)c1ccc2c(c1C(=O)[O-])Cc1ccccc1O2.[Nd+3]. The first-order valence-corrected chi connectivity index (χ1v) is 20.1. The Labute approximate surface area is 388 Å². The van der Waals surface area contributed by atoms with E-state index in [4.69, 9.17) is 14.2 Å². The number of hydrogen-bond donors (Lipinski definition) is 0. The van der Waals surface area contributed by atoms with Gasteiger partial charge in [0.1, 0.15) is 34.5 Å². The molecular weight excluding hydrogens is 901 g/mol. The van der Waals surface area contributed by atoms with Crippen molar-refractivity contribution in [1.82, 2.24) is 0 Å². The third-order valence-electron chi connectivity index (χ3n) is 11.1. The van der Waals surface area contributed by atoms with Crippen LogP contribution in [-0.4, -0.2) is 17.9 Å². The van der Waals surface area contributed by atoms with E-state index in [1.165, 1.54) is 0 Å². The van der Waals surface area contributed by atoms with Gasteiger partial charge in [-0.15, -0.1) is 0 Å². The monoisotopic (exact) mass is 943 g/mol. The molecule has 10 heteroatoms. The predicted octanol–water partition coefficient (Wildman–Crippen LogP) is 8.61. The normalized spacial score (nSPS) is 12.3. The van der Waals surface area contributed by atoms with E-state index >= 15 is 0 Å². The fourth-order valence-corrected chi connectivity index (χ4v) is 8.10. The number of carboxylic acid groups (broad SMARTS) is 3. The zero-order valence-corrected chi connectivity index (χ0v) is 38.1. The molecule has 0 amide bonds. The van der Waals surface area contributed by atoms with Crippen molar-refractivity contribution in [2.24, 2.45) is 0 Å². The molecule has 307 valence electrons. The van der Waals surface area contributed by atoms with Gasteiger partial charge in [0.2, 0.25) is 0 Å². The predicted molar refractivity (Wildman–Crippen MR) is 223 cm³/mol. The van der Waals surface area contributed by atoms with Crippen LogP contribution in [-0.2, 0) is 19.3 Å². The summed E-state index contributed by atoms with van der Waals surface area (Å²) in [5.41, 5.74) is 8.41. The molecule has 6 aromatic rings. The van der Waals surface area contributed by atoms with E-state index in [0.717, 1.165) is 67.3 Å².